The van der Waals surface area contributed by atoms with Gasteiger partial charge in [-0.25, -0.2) is 4.39 Å². The Hall–Kier alpha value is -3.16. The van der Waals surface area contributed by atoms with E-state index in [-0.39, 0.29) is 11.6 Å². The summed E-state index contributed by atoms with van der Waals surface area (Å²) in [6.45, 7) is 1.87. The molecule has 0 aliphatic carbocycles. The third-order valence-electron chi connectivity index (χ3n) is 4.33. The van der Waals surface area contributed by atoms with Gasteiger partial charge in [-0.05, 0) is 41.9 Å². The van der Waals surface area contributed by atoms with E-state index in [1.165, 1.54) is 11.6 Å². The third-order valence-corrected chi connectivity index (χ3v) is 4.33. The van der Waals surface area contributed by atoms with Crippen LogP contribution in [0.4, 0.5) is 4.39 Å². The molecule has 0 saturated carbocycles. The molecule has 0 aromatic heterocycles. The molecule has 0 bridgehead atoms. The molecule has 0 amide bonds. The lowest BCUT2D eigenvalue weighted by Gasteiger charge is -2.17. The number of hydrogen-bond acceptors (Lipinski definition) is 3. The fraction of sp³-hybridized carbons (Fsp3) is 0.174. The van der Waals surface area contributed by atoms with Gasteiger partial charge >= 0.3 is 0 Å². The summed E-state index contributed by atoms with van der Waals surface area (Å²) in [6, 6.07) is 24.5. The van der Waals surface area contributed by atoms with Crippen LogP contribution in [0.2, 0.25) is 0 Å². The van der Waals surface area contributed by atoms with E-state index in [2.05, 4.69) is 23.1 Å². The van der Waals surface area contributed by atoms with Gasteiger partial charge in [-0.15, -0.1) is 0 Å². The highest BCUT2D eigenvalue weighted by Gasteiger charge is 2.06. The second kappa shape index (κ2) is 8.98. The molecule has 3 aromatic rings. The highest BCUT2D eigenvalue weighted by Crippen LogP contribution is 2.23. The normalized spacial score (nSPS) is 10.6. The van der Waals surface area contributed by atoms with Crippen molar-refractivity contribution in [1.29, 1.82) is 5.26 Å². The number of ether oxygens (including phenoxy) is 1. The van der Waals surface area contributed by atoms with Crippen molar-refractivity contribution >= 4 is 0 Å². The standard InChI is InChI=1S/C23H21FN2O/c1-26(14-15-27-23-9-5-4-8-22(23)24)17-18-10-12-19(13-11-18)21-7-3-2-6-20(21)16-25/h2-13H,14-15,17H2,1H3. The second-order valence-electron chi connectivity index (χ2n) is 6.37. The Bertz CT molecular complexity index is 932. The largest absolute Gasteiger partial charge is 0.489 e. The molecular formula is C23H21FN2O. The minimum absolute atomic E-state index is 0.284. The molecule has 0 atom stereocenters. The fourth-order valence-electron chi connectivity index (χ4n) is 2.89. The van der Waals surface area contributed by atoms with Gasteiger partial charge in [0, 0.05) is 13.1 Å². The molecule has 0 heterocycles. The zero-order chi connectivity index (χ0) is 19.1. The highest BCUT2D eigenvalue weighted by molar-refractivity contribution is 5.70. The van der Waals surface area contributed by atoms with Crippen LogP contribution in [0.15, 0.2) is 72.8 Å². The van der Waals surface area contributed by atoms with Gasteiger partial charge in [0.1, 0.15) is 6.61 Å². The molecule has 4 heteroatoms. The summed E-state index contributed by atoms with van der Waals surface area (Å²) in [5.41, 5.74) is 3.81. The molecule has 0 saturated heterocycles. The van der Waals surface area contributed by atoms with Crippen molar-refractivity contribution in [2.45, 2.75) is 6.54 Å². The van der Waals surface area contributed by atoms with Crippen LogP contribution in [0.3, 0.4) is 0 Å². The molecule has 0 fully saturated rings. The Morgan fingerprint density at radius 1 is 0.963 bits per heavy atom. The molecule has 3 nitrogen and oxygen atoms in total. The predicted molar refractivity (Wildman–Crippen MR) is 105 cm³/mol. The van der Waals surface area contributed by atoms with E-state index in [0.717, 1.165) is 17.7 Å². The maximum Gasteiger partial charge on any atom is 0.165 e. The average Bonchev–Trinajstić information content (AvgIpc) is 2.70. The number of likely N-dealkylation sites (N-methyl/N-ethyl adjacent to an activating group) is 1. The van der Waals surface area contributed by atoms with Crippen LogP contribution < -0.4 is 4.74 Å². The summed E-state index contributed by atoms with van der Waals surface area (Å²) >= 11 is 0. The van der Waals surface area contributed by atoms with Crippen molar-refractivity contribution in [2.75, 3.05) is 20.2 Å². The lowest BCUT2D eigenvalue weighted by atomic mass is 9.99. The second-order valence-corrected chi connectivity index (χ2v) is 6.37. The van der Waals surface area contributed by atoms with Crippen LogP contribution in [0.25, 0.3) is 11.1 Å². The molecule has 0 unspecified atom stereocenters. The van der Waals surface area contributed by atoms with Gasteiger partial charge < -0.3 is 4.74 Å². The number of benzene rings is 3. The maximum absolute atomic E-state index is 13.5. The van der Waals surface area contributed by atoms with E-state index < -0.39 is 0 Å². The Morgan fingerprint density at radius 3 is 2.41 bits per heavy atom. The van der Waals surface area contributed by atoms with E-state index in [4.69, 9.17) is 4.74 Å². The molecular weight excluding hydrogens is 339 g/mol. The van der Waals surface area contributed by atoms with Crippen LogP contribution in [0.5, 0.6) is 5.75 Å². The molecule has 0 spiro atoms. The molecule has 3 aromatic carbocycles. The number of hydrogen-bond donors (Lipinski definition) is 0. The van der Waals surface area contributed by atoms with Gasteiger partial charge in [0.2, 0.25) is 0 Å². The Labute approximate surface area is 159 Å². The smallest absolute Gasteiger partial charge is 0.165 e. The molecule has 0 aliphatic heterocycles. The lowest BCUT2D eigenvalue weighted by molar-refractivity contribution is 0.226. The SMILES string of the molecule is CN(CCOc1ccccc1F)Cc1ccc(-c2ccccc2C#N)cc1. The summed E-state index contributed by atoms with van der Waals surface area (Å²) in [6.07, 6.45) is 0. The van der Waals surface area contributed by atoms with Gasteiger partial charge in [0.25, 0.3) is 0 Å². The summed E-state index contributed by atoms with van der Waals surface area (Å²) in [7, 11) is 2.00. The van der Waals surface area contributed by atoms with Gasteiger partial charge in [-0.3, -0.25) is 4.90 Å². The first kappa shape index (κ1) is 18.6. The van der Waals surface area contributed by atoms with E-state index in [1.54, 1.807) is 18.2 Å². The number of nitrogens with zero attached hydrogens (tertiary/aromatic N) is 2. The van der Waals surface area contributed by atoms with Crippen LogP contribution in [-0.4, -0.2) is 25.1 Å². The molecule has 0 N–H and O–H groups in total. The predicted octanol–water partition coefficient (Wildman–Crippen LogP) is 4.88. The quantitative estimate of drug-likeness (QED) is 0.603. The van der Waals surface area contributed by atoms with Gasteiger partial charge in [-0.2, -0.15) is 5.26 Å². The minimum Gasteiger partial charge on any atom is -0.489 e. The van der Waals surface area contributed by atoms with Crippen LogP contribution in [0, 0.1) is 17.1 Å². The van der Waals surface area contributed by atoms with E-state index in [1.807, 2.05) is 43.4 Å². The van der Waals surface area contributed by atoms with E-state index in [9.17, 15) is 9.65 Å². The Morgan fingerprint density at radius 2 is 1.67 bits per heavy atom. The van der Waals surface area contributed by atoms with Crippen molar-refractivity contribution in [3.63, 3.8) is 0 Å². The summed E-state index contributed by atoms with van der Waals surface area (Å²) in [5.74, 6) is -0.0557. The molecule has 3 rings (SSSR count). The number of halogens is 1. The zero-order valence-corrected chi connectivity index (χ0v) is 15.2. The first-order chi connectivity index (χ1) is 13.2. The topological polar surface area (TPSA) is 36.3 Å². The summed E-state index contributed by atoms with van der Waals surface area (Å²) in [4.78, 5) is 2.12. The van der Waals surface area contributed by atoms with Crippen molar-refractivity contribution in [1.82, 2.24) is 4.90 Å². The first-order valence-electron chi connectivity index (χ1n) is 8.81. The van der Waals surface area contributed by atoms with Crippen LogP contribution in [0.1, 0.15) is 11.1 Å². The van der Waals surface area contributed by atoms with Crippen molar-refractivity contribution in [3.05, 3.63) is 89.7 Å². The van der Waals surface area contributed by atoms with Crippen LogP contribution >= 0.6 is 0 Å². The van der Waals surface area contributed by atoms with E-state index >= 15 is 0 Å². The molecule has 0 radical (unpaired) electrons. The fourth-order valence-corrected chi connectivity index (χ4v) is 2.89. The average molecular weight is 360 g/mol. The van der Waals surface area contributed by atoms with Gasteiger partial charge in [0.05, 0.1) is 11.6 Å². The lowest BCUT2D eigenvalue weighted by Crippen LogP contribution is -2.24. The zero-order valence-electron chi connectivity index (χ0n) is 15.2. The summed E-state index contributed by atoms with van der Waals surface area (Å²) < 4.78 is 19.0. The number of para-hydroxylation sites is 1. The molecule has 27 heavy (non-hydrogen) atoms. The van der Waals surface area contributed by atoms with Gasteiger partial charge in [0.15, 0.2) is 11.6 Å². The minimum atomic E-state index is -0.339. The first-order valence-corrected chi connectivity index (χ1v) is 8.81. The van der Waals surface area contributed by atoms with Crippen molar-refractivity contribution < 1.29 is 9.13 Å². The van der Waals surface area contributed by atoms with Crippen molar-refractivity contribution in [2.24, 2.45) is 0 Å². The summed E-state index contributed by atoms with van der Waals surface area (Å²) in [5, 5.41) is 9.24. The monoisotopic (exact) mass is 360 g/mol. The molecule has 136 valence electrons. The Kier molecular flexibility index (Phi) is 6.19. The van der Waals surface area contributed by atoms with Gasteiger partial charge in [-0.1, -0.05) is 54.6 Å². The Balaban J connectivity index is 1.55. The van der Waals surface area contributed by atoms with Crippen molar-refractivity contribution in [3.8, 4) is 22.9 Å². The third kappa shape index (κ3) is 4.93. The number of nitriles is 1. The number of rotatable bonds is 7. The molecule has 0 aliphatic rings. The van der Waals surface area contributed by atoms with E-state index in [0.29, 0.717) is 18.7 Å². The van der Waals surface area contributed by atoms with Crippen LogP contribution in [-0.2, 0) is 6.54 Å². The maximum atomic E-state index is 13.5. The highest BCUT2D eigenvalue weighted by atomic mass is 19.1.